The fraction of sp³-hybridized carbons (Fsp3) is 0.143. The molecule has 0 saturated heterocycles. The topological polar surface area (TPSA) is 29.5 Å². The Labute approximate surface area is 114 Å². The van der Waals surface area contributed by atoms with Gasteiger partial charge in [0, 0.05) is 6.07 Å². The van der Waals surface area contributed by atoms with Gasteiger partial charge >= 0.3 is 0 Å². The van der Waals surface area contributed by atoms with E-state index in [1.54, 1.807) is 25.1 Å². The molecular formula is C14H11ClF2O2. The minimum atomic E-state index is -0.991. The molecule has 0 heterocycles. The predicted molar refractivity (Wildman–Crippen MR) is 68.5 cm³/mol. The number of hydrogen-bond acceptors (Lipinski definition) is 2. The molecule has 0 amide bonds. The second-order valence-electron chi connectivity index (χ2n) is 4.04. The van der Waals surface area contributed by atoms with Crippen LogP contribution in [0, 0.1) is 11.6 Å². The number of rotatable bonds is 3. The van der Waals surface area contributed by atoms with E-state index in [0.29, 0.717) is 11.3 Å². The Hall–Kier alpha value is -1.65. The highest BCUT2D eigenvalue weighted by Crippen LogP contribution is 2.32. The minimum absolute atomic E-state index is 0.144. The highest BCUT2D eigenvalue weighted by atomic mass is 35.5. The van der Waals surface area contributed by atoms with Crippen LogP contribution in [0.2, 0.25) is 5.02 Å². The highest BCUT2D eigenvalue weighted by Gasteiger charge is 2.09. The van der Waals surface area contributed by atoms with Crippen LogP contribution in [0.25, 0.3) is 0 Å². The monoisotopic (exact) mass is 284 g/mol. The lowest BCUT2D eigenvalue weighted by Gasteiger charge is -2.10. The smallest absolute Gasteiger partial charge is 0.162 e. The van der Waals surface area contributed by atoms with Crippen molar-refractivity contribution in [1.29, 1.82) is 0 Å². The molecule has 2 aromatic carbocycles. The van der Waals surface area contributed by atoms with Gasteiger partial charge in [0.05, 0.1) is 11.1 Å². The van der Waals surface area contributed by atoms with Gasteiger partial charge in [0.15, 0.2) is 11.6 Å². The molecule has 2 nitrogen and oxygen atoms in total. The Balaban J connectivity index is 2.25. The van der Waals surface area contributed by atoms with Crippen molar-refractivity contribution in [1.82, 2.24) is 0 Å². The van der Waals surface area contributed by atoms with Gasteiger partial charge in [-0.05, 0) is 36.8 Å². The first-order valence-electron chi connectivity index (χ1n) is 5.58. The third kappa shape index (κ3) is 3.22. The van der Waals surface area contributed by atoms with Gasteiger partial charge in [-0.15, -0.1) is 0 Å². The Morgan fingerprint density at radius 3 is 2.42 bits per heavy atom. The van der Waals surface area contributed by atoms with Crippen molar-refractivity contribution < 1.29 is 18.6 Å². The van der Waals surface area contributed by atoms with Crippen LogP contribution < -0.4 is 4.74 Å². The van der Waals surface area contributed by atoms with Crippen molar-refractivity contribution in [2.75, 3.05) is 0 Å². The summed E-state index contributed by atoms with van der Waals surface area (Å²) in [6, 6.07) is 7.98. The van der Waals surface area contributed by atoms with Crippen molar-refractivity contribution in [3.8, 4) is 11.5 Å². The van der Waals surface area contributed by atoms with Gasteiger partial charge < -0.3 is 9.84 Å². The summed E-state index contributed by atoms with van der Waals surface area (Å²) in [5.41, 5.74) is 0.641. The molecule has 1 unspecified atom stereocenters. The largest absolute Gasteiger partial charge is 0.456 e. The molecule has 0 aromatic heterocycles. The zero-order valence-corrected chi connectivity index (χ0v) is 10.8. The average Bonchev–Trinajstić information content (AvgIpc) is 2.36. The maximum Gasteiger partial charge on any atom is 0.162 e. The van der Waals surface area contributed by atoms with Crippen molar-refractivity contribution in [3.63, 3.8) is 0 Å². The molecule has 1 N–H and O–H groups in total. The first kappa shape index (κ1) is 13.8. The zero-order chi connectivity index (χ0) is 14.0. The van der Waals surface area contributed by atoms with E-state index in [9.17, 15) is 13.9 Å². The summed E-state index contributed by atoms with van der Waals surface area (Å²) >= 11 is 5.99. The summed E-state index contributed by atoms with van der Waals surface area (Å²) in [4.78, 5) is 0. The van der Waals surface area contributed by atoms with Gasteiger partial charge in [0.2, 0.25) is 0 Å². The second-order valence-corrected chi connectivity index (χ2v) is 4.45. The quantitative estimate of drug-likeness (QED) is 0.901. The Morgan fingerprint density at radius 2 is 1.84 bits per heavy atom. The zero-order valence-electron chi connectivity index (χ0n) is 10.0. The third-order valence-corrected chi connectivity index (χ3v) is 2.85. The fourth-order valence-electron chi connectivity index (χ4n) is 1.53. The highest BCUT2D eigenvalue weighted by molar-refractivity contribution is 6.32. The van der Waals surface area contributed by atoms with Crippen LogP contribution in [-0.2, 0) is 0 Å². The first-order chi connectivity index (χ1) is 8.97. The van der Waals surface area contributed by atoms with Crippen LogP contribution in [0.15, 0.2) is 36.4 Å². The lowest BCUT2D eigenvalue weighted by Crippen LogP contribution is -1.93. The van der Waals surface area contributed by atoms with Crippen molar-refractivity contribution in [2.45, 2.75) is 13.0 Å². The summed E-state index contributed by atoms with van der Waals surface area (Å²) in [7, 11) is 0. The molecular weight excluding hydrogens is 274 g/mol. The molecule has 0 aliphatic heterocycles. The summed E-state index contributed by atoms with van der Waals surface area (Å²) in [6.07, 6.45) is -0.644. The second kappa shape index (κ2) is 5.55. The maximum absolute atomic E-state index is 13.0. The number of halogens is 3. The normalized spacial score (nSPS) is 12.3. The lowest BCUT2D eigenvalue weighted by molar-refractivity contribution is 0.199. The van der Waals surface area contributed by atoms with E-state index in [4.69, 9.17) is 16.3 Å². The van der Waals surface area contributed by atoms with Crippen LogP contribution in [0.5, 0.6) is 11.5 Å². The van der Waals surface area contributed by atoms with Crippen LogP contribution in [0.3, 0.4) is 0 Å². The van der Waals surface area contributed by atoms with Gasteiger partial charge in [-0.2, -0.15) is 0 Å². The number of aliphatic hydroxyl groups excluding tert-OH is 1. The van der Waals surface area contributed by atoms with E-state index in [1.807, 2.05) is 0 Å². The van der Waals surface area contributed by atoms with Gasteiger partial charge in [0.25, 0.3) is 0 Å². The summed E-state index contributed by atoms with van der Waals surface area (Å²) in [5, 5.41) is 9.69. The van der Waals surface area contributed by atoms with Crippen LogP contribution in [0.4, 0.5) is 8.78 Å². The fourth-order valence-corrected chi connectivity index (χ4v) is 1.75. The standard InChI is InChI=1S/C14H11ClF2O2/c1-8(18)9-2-5-14(11(15)6-9)19-10-3-4-12(16)13(17)7-10/h2-8,18H,1H3. The maximum atomic E-state index is 13.0. The van der Waals surface area contributed by atoms with E-state index in [1.165, 1.54) is 6.07 Å². The van der Waals surface area contributed by atoms with Crippen molar-refractivity contribution in [2.24, 2.45) is 0 Å². The molecule has 0 spiro atoms. The SMILES string of the molecule is CC(O)c1ccc(Oc2ccc(F)c(F)c2)c(Cl)c1. The van der Waals surface area contributed by atoms with E-state index < -0.39 is 17.7 Å². The molecule has 0 fully saturated rings. The number of ether oxygens (including phenoxy) is 1. The molecule has 0 bridgehead atoms. The van der Waals surface area contributed by atoms with Crippen molar-refractivity contribution in [3.05, 3.63) is 58.6 Å². The van der Waals surface area contributed by atoms with Gasteiger partial charge in [-0.3, -0.25) is 0 Å². The molecule has 0 aliphatic carbocycles. The van der Waals surface area contributed by atoms with E-state index >= 15 is 0 Å². The van der Waals surface area contributed by atoms with E-state index in [2.05, 4.69) is 0 Å². The average molecular weight is 285 g/mol. The third-order valence-electron chi connectivity index (χ3n) is 2.56. The summed E-state index contributed by atoms with van der Waals surface area (Å²) in [6.45, 7) is 1.61. The molecule has 1 atom stereocenters. The number of aliphatic hydroxyl groups is 1. The van der Waals surface area contributed by atoms with Crippen LogP contribution in [0.1, 0.15) is 18.6 Å². The molecule has 100 valence electrons. The predicted octanol–water partition coefficient (Wildman–Crippen LogP) is 4.46. The van der Waals surface area contributed by atoms with Crippen LogP contribution >= 0.6 is 11.6 Å². The minimum Gasteiger partial charge on any atom is -0.456 e. The Morgan fingerprint density at radius 1 is 1.11 bits per heavy atom. The molecule has 0 radical (unpaired) electrons. The van der Waals surface area contributed by atoms with Gasteiger partial charge in [-0.25, -0.2) is 8.78 Å². The lowest BCUT2D eigenvalue weighted by atomic mass is 10.1. The molecule has 19 heavy (non-hydrogen) atoms. The first-order valence-corrected chi connectivity index (χ1v) is 5.95. The number of hydrogen-bond donors (Lipinski definition) is 1. The molecule has 0 saturated carbocycles. The molecule has 2 rings (SSSR count). The summed E-state index contributed by atoms with van der Waals surface area (Å²) in [5.74, 6) is -1.49. The van der Waals surface area contributed by atoms with Crippen molar-refractivity contribution >= 4 is 11.6 Å². The Bertz CT molecular complexity index is 600. The van der Waals surface area contributed by atoms with Gasteiger partial charge in [0.1, 0.15) is 11.5 Å². The summed E-state index contributed by atoms with van der Waals surface area (Å²) < 4.78 is 31.2. The van der Waals surface area contributed by atoms with E-state index in [-0.39, 0.29) is 10.8 Å². The molecule has 2 aromatic rings. The number of benzene rings is 2. The Kier molecular flexibility index (Phi) is 4.02. The van der Waals surface area contributed by atoms with Gasteiger partial charge in [-0.1, -0.05) is 17.7 Å². The molecule has 5 heteroatoms. The molecule has 0 aliphatic rings. The van der Waals surface area contributed by atoms with Crippen LogP contribution in [-0.4, -0.2) is 5.11 Å². The van der Waals surface area contributed by atoms with E-state index in [0.717, 1.165) is 12.1 Å².